The van der Waals surface area contributed by atoms with Gasteiger partial charge in [0.05, 0.1) is 17.9 Å². The van der Waals surface area contributed by atoms with Gasteiger partial charge in [0.1, 0.15) is 5.69 Å². The number of allylic oxidation sites excluding steroid dienone is 1. The molecule has 1 aromatic heterocycles. The molecular weight excluding hydrogens is 374 g/mol. The van der Waals surface area contributed by atoms with E-state index in [1.54, 1.807) is 6.21 Å². The fourth-order valence-electron chi connectivity index (χ4n) is 2.83. The number of nitrogens with zero attached hydrogens (tertiary/aromatic N) is 3. The molecule has 3 nitrogen and oxygen atoms in total. The van der Waals surface area contributed by atoms with Crippen LogP contribution in [-0.4, -0.2) is 16.0 Å². The third kappa shape index (κ3) is 3.59. The van der Waals surface area contributed by atoms with Crippen molar-refractivity contribution in [2.75, 3.05) is 0 Å². The van der Waals surface area contributed by atoms with Crippen LogP contribution in [0, 0.1) is 13.8 Å². The van der Waals surface area contributed by atoms with Crippen LogP contribution in [0.25, 0.3) is 0 Å². The predicted molar refractivity (Wildman–Crippen MR) is 100 cm³/mol. The molecule has 2 aromatic rings. The molecule has 23 heavy (non-hydrogen) atoms. The SMILES string of the molecule is C=C(Br)/C=N\c1c(C)nn(Cc2c(Cl)cccc2C2CC2)c1C. The Morgan fingerprint density at radius 3 is 2.87 bits per heavy atom. The molecule has 1 aromatic carbocycles. The maximum atomic E-state index is 6.46. The van der Waals surface area contributed by atoms with Crippen molar-refractivity contribution in [3.05, 3.63) is 56.8 Å². The van der Waals surface area contributed by atoms with Crippen LogP contribution in [0.5, 0.6) is 0 Å². The zero-order valence-electron chi connectivity index (χ0n) is 13.3. The molecule has 0 aliphatic heterocycles. The first-order chi connectivity index (χ1) is 11.0. The van der Waals surface area contributed by atoms with Crippen LogP contribution in [0.2, 0.25) is 5.02 Å². The minimum Gasteiger partial charge on any atom is -0.263 e. The Labute approximate surface area is 150 Å². The summed E-state index contributed by atoms with van der Waals surface area (Å²) in [4.78, 5) is 4.47. The Morgan fingerprint density at radius 2 is 2.22 bits per heavy atom. The van der Waals surface area contributed by atoms with E-state index < -0.39 is 0 Å². The van der Waals surface area contributed by atoms with Crippen LogP contribution in [0.4, 0.5) is 5.69 Å². The third-order valence-corrected chi connectivity index (χ3v) is 4.72. The highest BCUT2D eigenvalue weighted by Gasteiger charge is 2.27. The van der Waals surface area contributed by atoms with Crippen molar-refractivity contribution in [3.8, 4) is 0 Å². The second-order valence-electron chi connectivity index (χ2n) is 5.96. The molecule has 0 amide bonds. The van der Waals surface area contributed by atoms with E-state index in [0.29, 0.717) is 12.5 Å². The molecule has 1 aliphatic rings. The summed E-state index contributed by atoms with van der Waals surface area (Å²) in [6, 6.07) is 6.19. The van der Waals surface area contributed by atoms with Crippen LogP contribution < -0.4 is 0 Å². The van der Waals surface area contributed by atoms with Crippen molar-refractivity contribution in [2.45, 2.75) is 39.2 Å². The monoisotopic (exact) mass is 391 g/mol. The molecular formula is C18H19BrClN3. The summed E-state index contributed by atoms with van der Waals surface area (Å²) in [6.45, 7) is 8.47. The van der Waals surface area contributed by atoms with Crippen LogP contribution in [0.3, 0.4) is 0 Å². The summed E-state index contributed by atoms with van der Waals surface area (Å²) >= 11 is 9.76. The number of hydrogen-bond donors (Lipinski definition) is 0. The Balaban J connectivity index is 1.96. The van der Waals surface area contributed by atoms with Gasteiger partial charge < -0.3 is 0 Å². The van der Waals surface area contributed by atoms with E-state index in [1.807, 2.05) is 30.7 Å². The van der Waals surface area contributed by atoms with Gasteiger partial charge in [0.15, 0.2) is 0 Å². The van der Waals surface area contributed by atoms with Crippen molar-refractivity contribution in [1.82, 2.24) is 9.78 Å². The summed E-state index contributed by atoms with van der Waals surface area (Å²) in [7, 11) is 0. The zero-order chi connectivity index (χ0) is 16.6. The number of aromatic nitrogens is 2. The highest BCUT2D eigenvalue weighted by atomic mass is 79.9. The van der Waals surface area contributed by atoms with Gasteiger partial charge in [-0.1, -0.05) is 30.3 Å². The van der Waals surface area contributed by atoms with Crippen molar-refractivity contribution >= 4 is 39.4 Å². The molecule has 5 heteroatoms. The molecule has 1 aliphatic carbocycles. The molecule has 0 radical (unpaired) electrons. The van der Waals surface area contributed by atoms with Crippen molar-refractivity contribution < 1.29 is 0 Å². The molecule has 0 atom stereocenters. The van der Waals surface area contributed by atoms with E-state index in [9.17, 15) is 0 Å². The van der Waals surface area contributed by atoms with Crippen molar-refractivity contribution in [3.63, 3.8) is 0 Å². The highest BCUT2D eigenvalue weighted by Crippen LogP contribution is 2.43. The lowest BCUT2D eigenvalue weighted by molar-refractivity contribution is 0.654. The molecule has 0 spiro atoms. The Morgan fingerprint density at radius 1 is 1.48 bits per heavy atom. The Kier molecular flexibility index (Phi) is 4.74. The van der Waals surface area contributed by atoms with Gasteiger partial charge in [-0.3, -0.25) is 9.67 Å². The first kappa shape index (κ1) is 16.5. The number of aryl methyl sites for hydroxylation is 1. The fraction of sp³-hybridized carbons (Fsp3) is 0.333. The maximum absolute atomic E-state index is 6.46. The lowest BCUT2D eigenvalue weighted by atomic mass is 10.0. The molecule has 1 saturated carbocycles. The van der Waals surface area contributed by atoms with Gasteiger partial charge in [-0.05, 0) is 65.7 Å². The molecule has 0 N–H and O–H groups in total. The summed E-state index contributed by atoms with van der Waals surface area (Å²) in [5, 5.41) is 5.46. The fourth-order valence-corrected chi connectivity index (χ4v) is 3.18. The van der Waals surface area contributed by atoms with Crippen LogP contribution >= 0.6 is 27.5 Å². The van der Waals surface area contributed by atoms with E-state index in [-0.39, 0.29) is 0 Å². The van der Waals surface area contributed by atoms with Gasteiger partial charge in [0.25, 0.3) is 0 Å². The lowest BCUT2D eigenvalue weighted by Gasteiger charge is -2.12. The number of hydrogen-bond acceptors (Lipinski definition) is 2. The average molecular weight is 393 g/mol. The van der Waals surface area contributed by atoms with E-state index in [2.05, 4.69) is 38.7 Å². The summed E-state index contributed by atoms with van der Waals surface area (Å²) in [5.74, 6) is 0.662. The zero-order valence-corrected chi connectivity index (χ0v) is 15.7. The number of halogens is 2. The summed E-state index contributed by atoms with van der Waals surface area (Å²) < 4.78 is 2.73. The quantitative estimate of drug-likeness (QED) is 0.601. The Bertz CT molecular complexity index is 788. The van der Waals surface area contributed by atoms with Gasteiger partial charge in [-0.15, -0.1) is 0 Å². The first-order valence-corrected chi connectivity index (χ1v) is 8.84. The van der Waals surface area contributed by atoms with Gasteiger partial charge >= 0.3 is 0 Å². The van der Waals surface area contributed by atoms with Crippen LogP contribution in [-0.2, 0) is 6.54 Å². The Hall–Kier alpha value is -1.39. The van der Waals surface area contributed by atoms with Crippen LogP contribution in [0.15, 0.2) is 34.3 Å². The molecule has 1 heterocycles. The standard InChI is InChI=1S/C18H19BrClN3/c1-11(19)9-21-18-12(2)22-23(13(18)3)10-16-15(14-7-8-14)5-4-6-17(16)20/h4-6,9,14H,1,7-8,10H2,2-3H3/b21-9-. The lowest BCUT2D eigenvalue weighted by Crippen LogP contribution is -2.07. The third-order valence-electron chi connectivity index (χ3n) is 4.16. The summed E-state index contributed by atoms with van der Waals surface area (Å²) in [5.41, 5.74) is 5.39. The van der Waals surface area contributed by atoms with Crippen LogP contribution in [0.1, 0.15) is 41.3 Å². The second kappa shape index (κ2) is 6.62. The smallest absolute Gasteiger partial charge is 0.107 e. The minimum absolute atomic E-state index is 0.662. The van der Waals surface area contributed by atoms with Crippen molar-refractivity contribution in [1.29, 1.82) is 0 Å². The molecule has 120 valence electrons. The number of rotatable bonds is 5. The largest absolute Gasteiger partial charge is 0.263 e. The van der Waals surface area contributed by atoms with Gasteiger partial charge in [0, 0.05) is 15.7 Å². The van der Waals surface area contributed by atoms with Crippen molar-refractivity contribution in [2.24, 2.45) is 4.99 Å². The number of aliphatic imine (C=N–C) groups is 1. The number of benzene rings is 1. The second-order valence-corrected chi connectivity index (χ2v) is 7.39. The average Bonchev–Trinajstić information content (AvgIpc) is 3.28. The van der Waals surface area contributed by atoms with E-state index in [4.69, 9.17) is 11.6 Å². The predicted octanol–water partition coefficient (Wildman–Crippen LogP) is 5.69. The summed E-state index contributed by atoms with van der Waals surface area (Å²) in [6.07, 6.45) is 4.22. The first-order valence-electron chi connectivity index (χ1n) is 7.67. The molecule has 0 bridgehead atoms. The van der Waals surface area contributed by atoms with E-state index in [1.165, 1.54) is 24.0 Å². The minimum atomic E-state index is 0.662. The normalized spacial score (nSPS) is 14.6. The highest BCUT2D eigenvalue weighted by molar-refractivity contribution is 9.12. The van der Waals surface area contributed by atoms with E-state index >= 15 is 0 Å². The van der Waals surface area contributed by atoms with Gasteiger partial charge in [-0.25, -0.2) is 0 Å². The topological polar surface area (TPSA) is 30.2 Å². The molecule has 1 fully saturated rings. The molecule has 0 saturated heterocycles. The molecule has 0 unspecified atom stereocenters. The van der Waals surface area contributed by atoms with Gasteiger partial charge in [-0.2, -0.15) is 5.10 Å². The molecule has 3 rings (SSSR count). The van der Waals surface area contributed by atoms with E-state index in [0.717, 1.165) is 26.6 Å². The maximum Gasteiger partial charge on any atom is 0.107 e. The van der Waals surface area contributed by atoms with Gasteiger partial charge in [0.2, 0.25) is 0 Å².